The summed E-state index contributed by atoms with van der Waals surface area (Å²) in [7, 11) is -2.03. The largest absolute Gasteiger partial charge is 0.497 e. The lowest BCUT2D eigenvalue weighted by Crippen LogP contribution is -2.38. The highest BCUT2D eigenvalue weighted by Gasteiger charge is 2.35. The molecule has 1 saturated carbocycles. The lowest BCUT2D eigenvalue weighted by atomic mass is 9.95. The van der Waals surface area contributed by atoms with Crippen molar-refractivity contribution in [3.8, 4) is 5.75 Å². The van der Waals surface area contributed by atoms with Gasteiger partial charge in [0.05, 0.1) is 12.0 Å². The zero-order valence-corrected chi connectivity index (χ0v) is 16.3. The van der Waals surface area contributed by atoms with Crippen molar-refractivity contribution in [2.24, 2.45) is 5.92 Å². The number of carbonyl (C=O) groups excluding carboxylic acids is 1. The van der Waals surface area contributed by atoms with Crippen molar-refractivity contribution in [2.45, 2.75) is 37.1 Å². The van der Waals surface area contributed by atoms with E-state index in [1.54, 1.807) is 31.4 Å². The van der Waals surface area contributed by atoms with Crippen molar-refractivity contribution in [3.63, 3.8) is 0 Å². The van der Waals surface area contributed by atoms with Crippen LogP contribution in [-0.4, -0.2) is 32.2 Å². The molecule has 0 spiro atoms. The maximum Gasteiger partial charge on any atom is 0.243 e. The normalized spacial score (nSPS) is 20.1. The number of methoxy groups -OCH3 is 1. The topological polar surface area (TPSA) is 63.7 Å². The van der Waals surface area contributed by atoms with E-state index in [0.29, 0.717) is 18.5 Å². The average molecular weight is 385 g/mol. The lowest BCUT2D eigenvalue weighted by molar-refractivity contribution is 0.0967. The molecular formula is C21H23NO4S. The summed E-state index contributed by atoms with van der Waals surface area (Å²) in [5, 5.41) is 0. The number of carbonyl (C=O) groups is 1. The molecule has 0 bridgehead atoms. The molecule has 142 valence electrons. The number of nitrogens with zero attached hydrogens (tertiary/aromatic N) is 1. The van der Waals surface area contributed by atoms with Crippen LogP contribution in [0.4, 0.5) is 0 Å². The van der Waals surface area contributed by atoms with E-state index in [1.807, 2.05) is 25.1 Å². The van der Waals surface area contributed by atoms with Crippen molar-refractivity contribution in [3.05, 3.63) is 59.2 Å². The summed E-state index contributed by atoms with van der Waals surface area (Å²) in [6, 6.07) is 11.9. The molecular weight excluding hydrogens is 362 g/mol. The Kier molecular flexibility index (Phi) is 4.56. The van der Waals surface area contributed by atoms with E-state index >= 15 is 0 Å². The van der Waals surface area contributed by atoms with Gasteiger partial charge in [0.2, 0.25) is 10.0 Å². The van der Waals surface area contributed by atoms with Gasteiger partial charge in [0.25, 0.3) is 0 Å². The smallest absolute Gasteiger partial charge is 0.243 e. The number of Topliss-reactive ketones (excluding diaryl/α,β-unsaturated/α-hetero) is 1. The second-order valence-corrected chi connectivity index (χ2v) is 9.16. The SMILES string of the molecule is COc1ccc2c(c1)C(C)N(S(=O)(=O)c1ccc(C(=O)C3CC3)cc1)CC2. The first-order chi connectivity index (χ1) is 12.9. The lowest BCUT2D eigenvalue weighted by Gasteiger charge is -2.34. The van der Waals surface area contributed by atoms with E-state index in [0.717, 1.165) is 29.7 Å². The van der Waals surface area contributed by atoms with Crippen molar-refractivity contribution in [1.29, 1.82) is 0 Å². The van der Waals surface area contributed by atoms with Gasteiger partial charge in [0.1, 0.15) is 5.75 Å². The fraction of sp³-hybridized carbons (Fsp3) is 0.381. The van der Waals surface area contributed by atoms with Crippen LogP contribution >= 0.6 is 0 Å². The molecule has 1 atom stereocenters. The first-order valence-corrected chi connectivity index (χ1v) is 10.7. The third kappa shape index (κ3) is 3.28. The summed E-state index contributed by atoms with van der Waals surface area (Å²) >= 11 is 0. The summed E-state index contributed by atoms with van der Waals surface area (Å²) < 4.78 is 33.2. The molecule has 27 heavy (non-hydrogen) atoms. The van der Waals surface area contributed by atoms with Crippen LogP contribution in [-0.2, 0) is 16.4 Å². The summed E-state index contributed by atoms with van der Waals surface area (Å²) in [4.78, 5) is 12.4. The summed E-state index contributed by atoms with van der Waals surface area (Å²) in [5.41, 5.74) is 2.73. The van der Waals surface area contributed by atoms with Crippen LogP contribution < -0.4 is 4.74 Å². The molecule has 1 unspecified atom stereocenters. The Bertz CT molecular complexity index is 978. The van der Waals surface area contributed by atoms with Gasteiger partial charge >= 0.3 is 0 Å². The summed E-state index contributed by atoms with van der Waals surface area (Å²) in [6.07, 6.45) is 2.54. The van der Waals surface area contributed by atoms with Crippen LogP contribution in [0.3, 0.4) is 0 Å². The Balaban J connectivity index is 1.62. The number of rotatable bonds is 5. The second kappa shape index (κ2) is 6.77. The summed E-state index contributed by atoms with van der Waals surface area (Å²) in [6.45, 7) is 2.34. The van der Waals surface area contributed by atoms with E-state index in [-0.39, 0.29) is 22.6 Å². The highest BCUT2D eigenvalue weighted by atomic mass is 32.2. The zero-order chi connectivity index (χ0) is 19.2. The molecule has 0 radical (unpaired) electrons. The van der Waals surface area contributed by atoms with Gasteiger partial charge < -0.3 is 4.74 Å². The van der Waals surface area contributed by atoms with Gasteiger partial charge in [0.15, 0.2) is 5.78 Å². The molecule has 0 aromatic heterocycles. The monoisotopic (exact) mass is 385 g/mol. The second-order valence-electron chi connectivity index (χ2n) is 7.27. The minimum absolute atomic E-state index is 0.117. The minimum Gasteiger partial charge on any atom is -0.497 e. The number of ether oxygens (including phenoxy) is 1. The minimum atomic E-state index is -3.64. The van der Waals surface area contributed by atoms with Crippen LogP contribution in [0, 0.1) is 5.92 Å². The average Bonchev–Trinajstić information content (AvgIpc) is 3.52. The maximum absolute atomic E-state index is 13.2. The molecule has 2 aliphatic rings. The van der Waals surface area contributed by atoms with E-state index in [1.165, 1.54) is 4.31 Å². The Hall–Kier alpha value is -2.18. The van der Waals surface area contributed by atoms with Crippen molar-refractivity contribution >= 4 is 15.8 Å². The molecule has 0 saturated heterocycles. The number of hydrogen-bond acceptors (Lipinski definition) is 4. The van der Waals surface area contributed by atoms with E-state index in [4.69, 9.17) is 4.74 Å². The molecule has 0 amide bonds. The first kappa shape index (κ1) is 18.2. The molecule has 2 aromatic rings. The first-order valence-electron chi connectivity index (χ1n) is 9.25. The van der Waals surface area contributed by atoms with E-state index in [9.17, 15) is 13.2 Å². The standard InChI is InChI=1S/C21H23NO4S/c1-14-20-13-18(26-2)8-5-15(20)11-12-22(14)27(24,25)19-9-6-17(7-10-19)21(23)16-3-4-16/h5-10,13-14,16H,3-4,11-12H2,1-2H3. The highest BCUT2D eigenvalue weighted by molar-refractivity contribution is 7.89. The molecule has 1 fully saturated rings. The molecule has 5 nitrogen and oxygen atoms in total. The molecule has 0 N–H and O–H groups in total. The van der Waals surface area contributed by atoms with Gasteiger partial charge in [-0.25, -0.2) is 8.42 Å². The van der Waals surface area contributed by atoms with Crippen molar-refractivity contribution < 1.29 is 17.9 Å². The Labute approximate surface area is 160 Å². The van der Waals surface area contributed by atoms with Gasteiger partial charge in [-0.2, -0.15) is 4.31 Å². The Morgan fingerprint density at radius 1 is 1.11 bits per heavy atom. The molecule has 1 heterocycles. The van der Waals surface area contributed by atoms with E-state index in [2.05, 4.69) is 0 Å². The molecule has 2 aromatic carbocycles. The summed E-state index contributed by atoms with van der Waals surface area (Å²) in [5.74, 6) is 0.968. The maximum atomic E-state index is 13.2. The molecule has 6 heteroatoms. The van der Waals surface area contributed by atoms with Crippen LogP contribution in [0.2, 0.25) is 0 Å². The highest BCUT2D eigenvalue weighted by Crippen LogP contribution is 2.36. The fourth-order valence-electron chi connectivity index (χ4n) is 3.73. The number of sulfonamides is 1. The van der Waals surface area contributed by atoms with Gasteiger partial charge in [-0.05, 0) is 61.6 Å². The third-order valence-corrected chi connectivity index (χ3v) is 7.51. The van der Waals surface area contributed by atoms with Gasteiger partial charge in [-0.3, -0.25) is 4.79 Å². The zero-order valence-electron chi connectivity index (χ0n) is 15.5. The third-order valence-electron chi connectivity index (χ3n) is 5.53. The number of ketones is 1. The van der Waals surface area contributed by atoms with Crippen molar-refractivity contribution in [1.82, 2.24) is 4.31 Å². The molecule has 1 aliphatic heterocycles. The van der Waals surface area contributed by atoms with Crippen LogP contribution in [0.5, 0.6) is 5.75 Å². The van der Waals surface area contributed by atoms with Gasteiger partial charge in [-0.15, -0.1) is 0 Å². The van der Waals surface area contributed by atoms with Crippen molar-refractivity contribution in [2.75, 3.05) is 13.7 Å². The van der Waals surface area contributed by atoms with Crippen LogP contribution in [0.15, 0.2) is 47.4 Å². The Morgan fingerprint density at radius 2 is 1.81 bits per heavy atom. The number of fused-ring (bicyclic) bond motifs is 1. The molecule has 1 aliphatic carbocycles. The quantitative estimate of drug-likeness (QED) is 0.738. The predicted octanol–water partition coefficient (Wildman–Crippen LogP) is 3.60. The predicted molar refractivity (Wildman–Crippen MR) is 103 cm³/mol. The fourth-order valence-corrected chi connectivity index (χ4v) is 5.34. The van der Waals surface area contributed by atoms with Crippen LogP contribution in [0.25, 0.3) is 0 Å². The van der Waals surface area contributed by atoms with Gasteiger partial charge in [0, 0.05) is 24.1 Å². The van der Waals surface area contributed by atoms with Crippen LogP contribution in [0.1, 0.15) is 47.3 Å². The molecule has 4 rings (SSSR count). The Morgan fingerprint density at radius 3 is 2.44 bits per heavy atom. The number of benzene rings is 2. The van der Waals surface area contributed by atoms with Gasteiger partial charge in [-0.1, -0.05) is 18.2 Å². The number of hydrogen-bond donors (Lipinski definition) is 0. The van der Waals surface area contributed by atoms with E-state index < -0.39 is 10.0 Å².